The Hall–Kier alpha value is -2.13. The monoisotopic (exact) mass is 354 g/mol. The second-order valence-electron chi connectivity index (χ2n) is 5.67. The van der Waals surface area contributed by atoms with Gasteiger partial charge in [0.15, 0.2) is 0 Å². The zero-order valence-corrected chi connectivity index (χ0v) is 14.2. The Labute approximate surface area is 140 Å². The van der Waals surface area contributed by atoms with E-state index in [1.165, 1.54) is 33.5 Å². The summed E-state index contributed by atoms with van der Waals surface area (Å²) in [5, 5.41) is 3.00. The molecule has 0 bridgehead atoms. The zero-order chi connectivity index (χ0) is 17.9. The molecule has 24 heavy (non-hydrogen) atoms. The molecule has 1 heterocycles. The third-order valence-corrected chi connectivity index (χ3v) is 5.88. The van der Waals surface area contributed by atoms with Gasteiger partial charge in [-0.3, -0.25) is 4.79 Å². The number of piperazine rings is 1. The molecule has 0 radical (unpaired) electrons. The van der Waals surface area contributed by atoms with Crippen LogP contribution in [0.2, 0.25) is 0 Å². The first-order chi connectivity index (χ1) is 11.3. The van der Waals surface area contributed by atoms with Gasteiger partial charge in [-0.25, -0.2) is 18.3 Å². The Bertz CT molecular complexity index is 766. The third-order valence-electron chi connectivity index (χ3n) is 3.91. The van der Waals surface area contributed by atoms with E-state index >= 15 is 0 Å². The number of hydrogen-bond donors (Lipinski definition) is 1. The van der Waals surface area contributed by atoms with Gasteiger partial charge in [0.2, 0.25) is 15.9 Å². The number of rotatable bonds is 4. The molecule has 1 aliphatic rings. The van der Waals surface area contributed by atoms with E-state index in [4.69, 9.17) is 5.53 Å². The molecular weight excluding hydrogens is 335 g/mol. The number of halogens is 1. The fourth-order valence-electron chi connectivity index (χ4n) is 2.70. The lowest BCUT2D eigenvalue weighted by molar-refractivity contribution is -0.130. The maximum absolute atomic E-state index is 13.4. The molecule has 1 amide bonds. The molecule has 1 fully saturated rings. The lowest BCUT2D eigenvalue weighted by Gasteiger charge is -2.42. The normalized spacial score (nSPS) is 22.7. The first-order valence-corrected chi connectivity index (χ1v) is 8.82. The van der Waals surface area contributed by atoms with Crippen LogP contribution in [0.5, 0.6) is 0 Å². The highest BCUT2D eigenvalue weighted by atomic mass is 32.2. The Balaban J connectivity index is 2.24. The molecule has 0 saturated carbocycles. The van der Waals surface area contributed by atoms with E-state index in [9.17, 15) is 17.6 Å². The van der Waals surface area contributed by atoms with Crippen molar-refractivity contribution in [1.82, 2.24) is 9.21 Å². The molecule has 2 atom stereocenters. The Morgan fingerprint density at radius 3 is 2.67 bits per heavy atom. The molecule has 0 aliphatic carbocycles. The van der Waals surface area contributed by atoms with E-state index < -0.39 is 21.9 Å². The van der Waals surface area contributed by atoms with Crippen molar-refractivity contribution in [1.29, 1.82) is 5.53 Å². The Morgan fingerprint density at radius 1 is 1.33 bits per heavy atom. The largest absolute Gasteiger partial charge is 0.333 e. The van der Waals surface area contributed by atoms with Gasteiger partial charge in [-0.05, 0) is 32.0 Å². The van der Waals surface area contributed by atoms with E-state index in [1.807, 2.05) is 0 Å². The summed E-state index contributed by atoms with van der Waals surface area (Å²) in [6.45, 7) is 3.75. The molecular formula is C15H19FN4O3S. The van der Waals surface area contributed by atoms with Crippen LogP contribution < -0.4 is 0 Å². The summed E-state index contributed by atoms with van der Waals surface area (Å²) >= 11 is 0. The van der Waals surface area contributed by atoms with Gasteiger partial charge in [-0.2, -0.15) is 9.42 Å². The maximum Gasteiger partial charge on any atom is 0.248 e. The van der Waals surface area contributed by atoms with Gasteiger partial charge >= 0.3 is 0 Å². The third kappa shape index (κ3) is 3.68. The molecule has 1 aromatic carbocycles. The van der Waals surface area contributed by atoms with Gasteiger partial charge in [0, 0.05) is 31.2 Å². The van der Waals surface area contributed by atoms with Crippen LogP contribution in [0.1, 0.15) is 13.8 Å². The smallest absolute Gasteiger partial charge is 0.248 e. The Morgan fingerprint density at radius 2 is 2.04 bits per heavy atom. The van der Waals surface area contributed by atoms with Crippen LogP contribution in [0, 0.1) is 11.3 Å². The van der Waals surface area contributed by atoms with Crippen LogP contribution in [0.25, 0.3) is 0 Å². The van der Waals surface area contributed by atoms with E-state index in [1.54, 1.807) is 13.8 Å². The molecule has 1 N–H and O–H groups in total. The molecule has 0 unspecified atom stereocenters. The average Bonchev–Trinajstić information content (AvgIpc) is 2.54. The van der Waals surface area contributed by atoms with Crippen LogP contribution >= 0.6 is 0 Å². The fraction of sp³-hybridized carbons (Fsp3) is 0.400. The predicted molar refractivity (Wildman–Crippen MR) is 85.2 cm³/mol. The van der Waals surface area contributed by atoms with Gasteiger partial charge in [0.1, 0.15) is 5.82 Å². The minimum atomic E-state index is -3.84. The lowest BCUT2D eigenvalue weighted by Crippen LogP contribution is -2.59. The highest BCUT2D eigenvalue weighted by Gasteiger charge is 2.38. The number of carbonyl (C=O) groups is 1. The quantitative estimate of drug-likeness (QED) is 0.662. The molecule has 1 aromatic rings. The van der Waals surface area contributed by atoms with Crippen molar-refractivity contribution < 1.29 is 17.6 Å². The number of nitrogens with zero attached hydrogens (tertiary/aromatic N) is 3. The molecule has 9 heteroatoms. The summed E-state index contributed by atoms with van der Waals surface area (Å²) in [6, 6.07) is 4.07. The first-order valence-electron chi connectivity index (χ1n) is 7.38. The molecule has 0 spiro atoms. The van der Waals surface area contributed by atoms with Crippen molar-refractivity contribution in [2.75, 3.05) is 13.1 Å². The maximum atomic E-state index is 13.4. The summed E-state index contributed by atoms with van der Waals surface area (Å²) in [4.78, 5) is 13.5. The van der Waals surface area contributed by atoms with Crippen molar-refractivity contribution in [2.45, 2.75) is 30.8 Å². The second kappa shape index (κ2) is 7.18. The minimum Gasteiger partial charge on any atom is -0.333 e. The molecule has 1 aliphatic heterocycles. The summed E-state index contributed by atoms with van der Waals surface area (Å²) < 4.78 is 40.1. The van der Waals surface area contributed by atoms with Gasteiger partial charge in [0.25, 0.3) is 0 Å². The topological polar surface area (TPSA) is 93.9 Å². The fourth-order valence-corrected chi connectivity index (χ4v) is 4.43. The van der Waals surface area contributed by atoms with Crippen LogP contribution in [0.3, 0.4) is 0 Å². The van der Waals surface area contributed by atoms with Crippen molar-refractivity contribution >= 4 is 15.9 Å². The van der Waals surface area contributed by atoms with E-state index in [2.05, 4.69) is 5.11 Å². The summed E-state index contributed by atoms with van der Waals surface area (Å²) in [5.74, 6) is -0.942. The van der Waals surface area contributed by atoms with Crippen LogP contribution in [0.15, 0.2) is 46.6 Å². The van der Waals surface area contributed by atoms with Crippen molar-refractivity contribution in [3.63, 3.8) is 0 Å². The van der Waals surface area contributed by atoms with Gasteiger partial charge in [-0.1, -0.05) is 6.07 Å². The summed E-state index contributed by atoms with van der Waals surface area (Å²) in [7, 11) is -3.84. The van der Waals surface area contributed by atoms with Crippen LogP contribution in [-0.2, 0) is 14.8 Å². The zero-order valence-electron chi connectivity index (χ0n) is 13.4. The molecule has 7 nitrogen and oxygen atoms in total. The number of amides is 1. The minimum absolute atomic E-state index is 0.103. The number of benzene rings is 1. The average molecular weight is 354 g/mol. The first kappa shape index (κ1) is 18.2. The van der Waals surface area contributed by atoms with Gasteiger partial charge in [-0.15, -0.1) is 0 Å². The highest BCUT2D eigenvalue weighted by Crippen LogP contribution is 2.24. The van der Waals surface area contributed by atoms with E-state index in [0.717, 1.165) is 12.3 Å². The summed E-state index contributed by atoms with van der Waals surface area (Å²) in [5.41, 5.74) is 6.68. The highest BCUT2D eigenvalue weighted by molar-refractivity contribution is 7.89. The molecule has 1 saturated heterocycles. The standard InChI is InChI=1S/C15H19FN4O3S/c1-11-10-20(12(2)9-19(11)15(21)6-7-18-17)24(22,23)14-5-3-4-13(16)8-14/h3-8,11-12,17H,9-10H2,1-2H3/t11-,12+/m0/s1. The molecule has 0 aromatic heterocycles. The predicted octanol–water partition coefficient (Wildman–Crippen LogP) is 1.98. The van der Waals surface area contributed by atoms with Crippen molar-refractivity contribution in [2.24, 2.45) is 5.11 Å². The lowest BCUT2D eigenvalue weighted by atomic mass is 10.1. The molecule has 2 rings (SSSR count). The van der Waals surface area contributed by atoms with E-state index in [-0.39, 0.29) is 29.9 Å². The van der Waals surface area contributed by atoms with Gasteiger partial charge < -0.3 is 4.90 Å². The van der Waals surface area contributed by atoms with Crippen molar-refractivity contribution in [3.8, 4) is 0 Å². The number of nitrogens with one attached hydrogen (secondary N) is 1. The SMILES string of the molecule is C[C@@H]1CN(C(=O)C=CN=N)[C@@H](C)CN1S(=O)(=O)c1cccc(F)c1. The van der Waals surface area contributed by atoms with Gasteiger partial charge in [0.05, 0.1) is 11.1 Å². The van der Waals surface area contributed by atoms with Crippen molar-refractivity contribution in [3.05, 3.63) is 42.4 Å². The molecule has 130 valence electrons. The number of hydrogen-bond acceptors (Lipinski definition) is 5. The number of carbonyl (C=O) groups excluding carboxylic acids is 1. The van der Waals surface area contributed by atoms with E-state index in [0.29, 0.717) is 0 Å². The number of sulfonamides is 1. The Kier molecular flexibility index (Phi) is 5.45. The van der Waals surface area contributed by atoms with Crippen LogP contribution in [-0.4, -0.2) is 48.7 Å². The summed E-state index contributed by atoms with van der Waals surface area (Å²) in [6.07, 6.45) is 2.25. The van der Waals surface area contributed by atoms with Crippen LogP contribution in [0.4, 0.5) is 4.39 Å². The second-order valence-corrected chi connectivity index (χ2v) is 7.56.